The lowest BCUT2D eigenvalue weighted by Crippen LogP contribution is -2.29. The third kappa shape index (κ3) is 5.15. The summed E-state index contributed by atoms with van der Waals surface area (Å²) in [7, 11) is -3.76. The number of hydrogen-bond acceptors (Lipinski definition) is 4. The Kier molecular flexibility index (Phi) is 4.48. The number of aromatic nitrogens is 2. The monoisotopic (exact) mass is 273 g/mol. The lowest BCUT2D eigenvalue weighted by Gasteiger charge is -2.08. The number of halogens is 3. The van der Waals surface area contributed by atoms with Crippen LogP contribution in [0.4, 0.5) is 13.2 Å². The lowest BCUT2D eigenvalue weighted by atomic mass is 10.7. The van der Waals surface area contributed by atoms with Crippen molar-refractivity contribution in [3.63, 3.8) is 0 Å². The summed E-state index contributed by atoms with van der Waals surface area (Å²) >= 11 is 0. The summed E-state index contributed by atoms with van der Waals surface area (Å²) in [6, 6.07) is 1.22. The van der Waals surface area contributed by atoms with Crippen LogP contribution in [0.5, 0.6) is 0 Å². The second kappa shape index (κ2) is 5.47. The minimum absolute atomic E-state index is 0.159. The summed E-state index contributed by atoms with van der Waals surface area (Å²) < 4.78 is 64.1. The minimum atomic E-state index is -4.41. The fourth-order valence-corrected chi connectivity index (χ4v) is 1.83. The van der Waals surface area contributed by atoms with Crippen LogP contribution in [0.2, 0.25) is 0 Å². The summed E-state index contributed by atoms with van der Waals surface area (Å²) in [6.07, 6.45) is -3.17. The number of sulfonamides is 1. The van der Waals surface area contributed by atoms with Crippen molar-refractivity contribution in [2.24, 2.45) is 0 Å². The molecule has 1 aromatic heterocycles. The Hall–Kier alpha value is -1.13. The number of alkyl halides is 3. The van der Waals surface area contributed by atoms with Gasteiger partial charge < -0.3 is 4.74 Å². The van der Waals surface area contributed by atoms with Crippen LogP contribution < -0.4 is 4.72 Å². The summed E-state index contributed by atoms with van der Waals surface area (Å²) in [6.45, 7) is -2.02. The van der Waals surface area contributed by atoms with Crippen molar-refractivity contribution in [3.8, 4) is 0 Å². The number of hydrogen-bond donors (Lipinski definition) is 2. The minimum Gasteiger partial charge on any atom is -0.371 e. The van der Waals surface area contributed by atoms with Gasteiger partial charge in [-0.2, -0.15) is 18.3 Å². The summed E-state index contributed by atoms with van der Waals surface area (Å²) in [5.74, 6) is 0. The van der Waals surface area contributed by atoms with Gasteiger partial charge >= 0.3 is 6.18 Å². The smallest absolute Gasteiger partial charge is 0.371 e. The summed E-state index contributed by atoms with van der Waals surface area (Å²) in [4.78, 5) is 0. The van der Waals surface area contributed by atoms with Crippen molar-refractivity contribution in [2.75, 3.05) is 19.8 Å². The van der Waals surface area contributed by atoms with Crippen LogP contribution in [0, 0.1) is 0 Å². The molecule has 0 unspecified atom stereocenters. The largest absolute Gasteiger partial charge is 0.411 e. The first-order valence-corrected chi connectivity index (χ1v) is 5.93. The van der Waals surface area contributed by atoms with Crippen molar-refractivity contribution in [1.29, 1.82) is 0 Å². The van der Waals surface area contributed by atoms with Crippen LogP contribution >= 0.6 is 0 Å². The Balaban J connectivity index is 2.28. The molecule has 1 heterocycles. The van der Waals surface area contributed by atoms with E-state index >= 15 is 0 Å². The zero-order chi connectivity index (χ0) is 12.9. The normalized spacial score (nSPS) is 12.9. The van der Waals surface area contributed by atoms with E-state index < -0.39 is 22.8 Å². The van der Waals surface area contributed by atoms with Gasteiger partial charge in [0.05, 0.1) is 12.8 Å². The molecule has 0 atom stereocenters. The molecule has 0 spiro atoms. The molecular weight excluding hydrogens is 263 g/mol. The van der Waals surface area contributed by atoms with Crippen LogP contribution in [0.15, 0.2) is 17.3 Å². The molecule has 0 amide bonds. The summed E-state index contributed by atoms with van der Waals surface area (Å²) in [5, 5.41) is 5.50. The quantitative estimate of drug-likeness (QED) is 0.728. The van der Waals surface area contributed by atoms with Crippen molar-refractivity contribution in [3.05, 3.63) is 12.3 Å². The van der Waals surface area contributed by atoms with E-state index in [2.05, 4.69) is 19.7 Å². The van der Waals surface area contributed by atoms with Gasteiger partial charge in [-0.25, -0.2) is 13.1 Å². The molecule has 0 saturated carbocycles. The number of nitrogens with zero attached hydrogens (tertiary/aromatic N) is 1. The van der Waals surface area contributed by atoms with Gasteiger partial charge in [0.15, 0.2) is 5.03 Å². The molecule has 0 aliphatic rings. The van der Waals surface area contributed by atoms with Crippen LogP contribution in [-0.4, -0.2) is 44.5 Å². The molecule has 0 aromatic carbocycles. The van der Waals surface area contributed by atoms with E-state index in [0.717, 1.165) is 0 Å². The molecule has 0 bridgehead atoms. The third-order valence-electron chi connectivity index (χ3n) is 1.57. The predicted octanol–water partition coefficient (Wildman–Crippen LogP) is 0.267. The van der Waals surface area contributed by atoms with Crippen LogP contribution in [0.25, 0.3) is 0 Å². The zero-order valence-corrected chi connectivity index (χ0v) is 9.31. The Labute approximate surface area is 95.2 Å². The van der Waals surface area contributed by atoms with Gasteiger partial charge in [0.2, 0.25) is 0 Å². The standard InChI is InChI=1S/C7H10F3N3O3S/c8-7(9,10)5-16-4-3-12-17(14,15)6-1-2-11-13-6/h1-2,12H,3-5H2,(H,11,13). The van der Waals surface area contributed by atoms with Crippen molar-refractivity contribution in [2.45, 2.75) is 11.2 Å². The molecule has 17 heavy (non-hydrogen) atoms. The molecule has 0 radical (unpaired) electrons. The fourth-order valence-electron chi connectivity index (χ4n) is 0.907. The summed E-state index contributed by atoms with van der Waals surface area (Å²) in [5.41, 5.74) is 0. The molecular formula is C7H10F3N3O3S. The maximum atomic E-state index is 11.7. The highest BCUT2D eigenvalue weighted by atomic mass is 32.2. The van der Waals surface area contributed by atoms with Gasteiger partial charge in [-0.1, -0.05) is 0 Å². The van der Waals surface area contributed by atoms with Crippen molar-refractivity contribution >= 4 is 10.0 Å². The van der Waals surface area contributed by atoms with E-state index in [1.807, 2.05) is 0 Å². The van der Waals surface area contributed by atoms with E-state index in [-0.39, 0.29) is 18.2 Å². The lowest BCUT2D eigenvalue weighted by molar-refractivity contribution is -0.173. The maximum absolute atomic E-state index is 11.7. The topological polar surface area (TPSA) is 84.1 Å². The molecule has 0 fully saturated rings. The average Bonchev–Trinajstić information content (AvgIpc) is 2.68. The highest BCUT2D eigenvalue weighted by molar-refractivity contribution is 7.89. The van der Waals surface area contributed by atoms with Gasteiger partial charge in [-0.15, -0.1) is 0 Å². The van der Waals surface area contributed by atoms with Crippen LogP contribution in [-0.2, 0) is 14.8 Å². The Morgan fingerprint density at radius 2 is 2.18 bits per heavy atom. The Morgan fingerprint density at radius 3 is 2.71 bits per heavy atom. The van der Waals surface area contributed by atoms with E-state index in [1.54, 1.807) is 0 Å². The maximum Gasteiger partial charge on any atom is 0.411 e. The van der Waals surface area contributed by atoms with Gasteiger partial charge in [0.1, 0.15) is 6.61 Å². The first-order chi connectivity index (χ1) is 7.81. The third-order valence-corrected chi connectivity index (χ3v) is 2.96. The molecule has 2 N–H and O–H groups in total. The first-order valence-electron chi connectivity index (χ1n) is 4.45. The fraction of sp³-hybridized carbons (Fsp3) is 0.571. The number of ether oxygens (including phenoxy) is 1. The van der Waals surface area contributed by atoms with E-state index in [0.29, 0.717) is 0 Å². The van der Waals surface area contributed by atoms with Crippen LogP contribution in [0.3, 0.4) is 0 Å². The molecule has 1 rings (SSSR count). The van der Waals surface area contributed by atoms with Gasteiger partial charge in [-0.3, -0.25) is 5.10 Å². The average molecular weight is 273 g/mol. The molecule has 0 aliphatic heterocycles. The highest BCUT2D eigenvalue weighted by Gasteiger charge is 2.27. The van der Waals surface area contributed by atoms with Gasteiger partial charge in [-0.05, 0) is 6.07 Å². The van der Waals surface area contributed by atoms with E-state index in [1.165, 1.54) is 12.3 Å². The number of aromatic amines is 1. The van der Waals surface area contributed by atoms with E-state index in [9.17, 15) is 21.6 Å². The van der Waals surface area contributed by atoms with Crippen LogP contribution in [0.1, 0.15) is 0 Å². The predicted molar refractivity (Wildman–Crippen MR) is 50.7 cm³/mol. The highest BCUT2D eigenvalue weighted by Crippen LogP contribution is 2.14. The molecule has 10 heteroatoms. The number of H-pyrrole nitrogens is 1. The first kappa shape index (κ1) is 13.9. The van der Waals surface area contributed by atoms with Gasteiger partial charge in [0, 0.05) is 6.54 Å². The molecule has 98 valence electrons. The molecule has 1 aromatic rings. The second-order valence-electron chi connectivity index (χ2n) is 2.99. The molecule has 0 aliphatic carbocycles. The number of rotatable bonds is 6. The van der Waals surface area contributed by atoms with Crippen molar-refractivity contribution in [1.82, 2.24) is 14.9 Å². The Bertz CT molecular complexity index is 429. The number of nitrogens with one attached hydrogen (secondary N) is 2. The molecule has 0 saturated heterocycles. The van der Waals surface area contributed by atoms with Gasteiger partial charge in [0.25, 0.3) is 10.0 Å². The Morgan fingerprint density at radius 1 is 1.47 bits per heavy atom. The van der Waals surface area contributed by atoms with Crippen molar-refractivity contribution < 1.29 is 26.3 Å². The van der Waals surface area contributed by atoms with E-state index in [4.69, 9.17) is 0 Å². The SMILES string of the molecule is O=S(=O)(NCCOCC(F)(F)F)c1ccn[nH]1. The second-order valence-corrected chi connectivity index (χ2v) is 4.72. The zero-order valence-electron chi connectivity index (χ0n) is 8.49. The molecule has 6 nitrogen and oxygen atoms in total.